The van der Waals surface area contributed by atoms with Crippen molar-refractivity contribution >= 4 is 0 Å². The maximum atomic E-state index is 5.30. The lowest BCUT2D eigenvalue weighted by atomic mass is 10.0. The van der Waals surface area contributed by atoms with Crippen LogP contribution in [0.15, 0.2) is 24.3 Å². The fourth-order valence-corrected chi connectivity index (χ4v) is 2.86. The zero-order valence-corrected chi connectivity index (χ0v) is 11.4. The Balaban J connectivity index is 1.66. The lowest BCUT2D eigenvalue weighted by Gasteiger charge is -2.23. The average molecular weight is 245 g/mol. The first kappa shape index (κ1) is 12.0. The Kier molecular flexibility index (Phi) is 3.29. The molecule has 1 atom stereocenters. The summed E-state index contributed by atoms with van der Waals surface area (Å²) in [5.41, 5.74) is 1.33. The van der Waals surface area contributed by atoms with Gasteiger partial charge in [0, 0.05) is 12.1 Å². The summed E-state index contributed by atoms with van der Waals surface area (Å²) in [6.45, 7) is 2.27. The summed E-state index contributed by atoms with van der Waals surface area (Å²) in [6, 6.07) is 9.61. The monoisotopic (exact) mass is 245 g/mol. The Hall–Kier alpha value is -1.02. The molecule has 2 saturated carbocycles. The number of benzene rings is 1. The highest BCUT2D eigenvalue weighted by Crippen LogP contribution is 2.45. The highest BCUT2D eigenvalue weighted by Gasteiger charge is 2.41. The zero-order valence-electron chi connectivity index (χ0n) is 11.4. The SMILES string of the molecule is COc1cccc([C@@H](C)NC(C2CC2)C2CC2)c1. The van der Waals surface area contributed by atoms with Gasteiger partial charge in [0.25, 0.3) is 0 Å². The lowest BCUT2D eigenvalue weighted by Crippen LogP contribution is -2.35. The van der Waals surface area contributed by atoms with Crippen LogP contribution in [0.25, 0.3) is 0 Å². The Morgan fingerprint density at radius 1 is 1.17 bits per heavy atom. The summed E-state index contributed by atoms with van der Waals surface area (Å²) >= 11 is 0. The number of methoxy groups -OCH3 is 1. The largest absolute Gasteiger partial charge is 0.497 e. The van der Waals surface area contributed by atoms with Gasteiger partial charge in [-0.05, 0) is 62.1 Å². The first-order chi connectivity index (χ1) is 8.78. The molecule has 1 aromatic rings. The zero-order chi connectivity index (χ0) is 12.5. The molecule has 0 aliphatic heterocycles. The molecule has 0 bridgehead atoms. The molecule has 0 aromatic heterocycles. The number of ether oxygens (including phenoxy) is 1. The van der Waals surface area contributed by atoms with Crippen LogP contribution in [0.5, 0.6) is 5.75 Å². The van der Waals surface area contributed by atoms with Crippen molar-refractivity contribution in [3.63, 3.8) is 0 Å². The first-order valence-corrected chi connectivity index (χ1v) is 7.18. The first-order valence-electron chi connectivity index (χ1n) is 7.18. The predicted octanol–water partition coefficient (Wildman–Crippen LogP) is 3.53. The molecule has 1 aromatic carbocycles. The van der Waals surface area contributed by atoms with Crippen LogP contribution in [0.1, 0.15) is 44.2 Å². The maximum absolute atomic E-state index is 5.30. The van der Waals surface area contributed by atoms with Gasteiger partial charge < -0.3 is 10.1 Å². The molecule has 2 aliphatic rings. The molecule has 2 nitrogen and oxygen atoms in total. The van der Waals surface area contributed by atoms with E-state index >= 15 is 0 Å². The van der Waals surface area contributed by atoms with Gasteiger partial charge in [-0.15, -0.1) is 0 Å². The van der Waals surface area contributed by atoms with Gasteiger partial charge in [-0.3, -0.25) is 0 Å². The van der Waals surface area contributed by atoms with Crippen LogP contribution >= 0.6 is 0 Å². The van der Waals surface area contributed by atoms with E-state index in [9.17, 15) is 0 Å². The molecule has 2 fully saturated rings. The minimum atomic E-state index is 0.422. The third-order valence-electron chi connectivity index (χ3n) is 4.30. The molecule has 2 heteroatoms. The number of hydrogen-bond acceptors (Lipinski definition) is 2. The summed E-state index contributed by atoms with van der Waals surface area (Å²) in [4.78, 5) is 0. The molecular formula is C16H23NO. The molecular weight excluding hydrogens is 222 g/mol. The quantitative estimate of drug-likeness (QED) is 0.827. The molecule has 1 N–H and O–H groups in total. The predicted molar refractivity (Wildman–Crippen MR) is 73.8 cm³/mol. The van der Waals surface area contributed by atoms with Gasteiger partial charge in [-0.1, -0.05) is 12.1 Å². The summed E-state index contributed by atoms with van der Waals surface area (Å²) in [7, 11) is 1.73. The molecule has 98 valence electrons. The molecule has 0 spiro atoms. The molecule has 0 heterocycles. The van der Waals surface area contributed by atoms with Crippen LogP contribution in [0, 0.1) is 11.8 Å². The molecule has 3 rings (SSSR count). The topological polar surface area (TPSA) is 21.3 Å². The fraction of sp³-hybridized carbons (Fsp3) is 0.625. The second-order valence-electron chi connectivity index (χ2n) is 5.87. The third kappa shape index (κ3) is 2.69. The summed E-state index contributed by atoms with van der Waals surface area (Å²) < 4.78 is 5.30. The van der Waals surface area contributed by atoms with Crippen LogP contribution in [0.4, 0.5) is 0 Å². The number of nitrogens with one attached hydrogen (secondary N) is 1. The molecule has 18 heavy (non-hydrogen) atoms. The minimum absolute atomic E-state index is 0.422. The second kappa shape index (κ2) is 4.93. The summed E-state index contributed by atoms with van der Waals surface area (Å²) in [6.07, 6.45) is 5.72. The van der Waals surface area contributed by atoms with E-state index in [1.807, 2.05) is 6.07 Å². The van der Waals surface area contributed by atoms with Gasteiger partial charge in [0.1, 0.15) is 5.75 Å². The Morgan fingerprint density at radius 3 is 2.39 bits per heavy atom. The fourth-order valence-electron chi connectivity index (χ4n) is 2.86. The van der Waals surface area contributed by atoms with Gasteiger partial charge in [-0.2, -0.15) is 0 Å². The van der Waals surface area contributed by atoms with E-state index in [2.05, 4.69) is 30.4 Å². The van der Waals surface area contributed by atoms with Crippen molar-refractivity contribution in [2.75, 3.05) is 7.11 Å². The molecule has 0 saturated heterocycles. The Bertz CT molecular complexity index is 397. The van der Waals surface area contributed by atoms with Crippen molar-refractivity contribution in [2.24, 2.45) is 11.8 Å². The van der Waals surface area contributed by atoms with Crippen molar-refractivity contribution < 1.29 is 4.74 Å². The van der Waals surface area contributed by atoms with Crippen LogP contribution in [0.2, 0.25) is 0 Å². The standard InChI is InChI=1S/C16H23NO/c1-11(14-4-3-5-15(10-14)18-2)17-16(12-6-7-12)13-8-9-13/h3-5,10-13,16-17H,6-9H2,1-2H3/t11-/m1/s1. The minimum Gasteiger partial charge on any atom is -0.497 e. The van der Waals surface area contributed by atoms with Crippen LogP contribution in [0.3, 0.4) is 0 Å². The third-order valence-corrected chi connectivity index (χ3v) is 4.30. The molecule has 0 amide bonds. The van der Waals surface area contributed by atoms with E-state index in [4.69, 9.17) is 4.74 Å². The van der Waals surface area contributed by atoms with Crippen LogP contribution in [-0.2, 0) is 0 Å². The van der Waals surface area contributed by atoms with E-state index < -0.39 is 0 Å². The summed E-state index contributed by atoms with van der Waals surface area (Å²) in [5, 5.41) is 3.85. The van der Waals surface area contributed by atoms with E-state index in [1.165, 1.54) is 31.2 Å². The maximum Gasteiger partial charge on any atom is 0.119 e. The van der Waals surface area contributed by atoms with E-state index in [-0.39, 0.29) is 0 Å². The molecule has 0 radical (unpaired) electrons. The molecule has 2 aliphatic carbocycles. The highest BCUT2D eigenvalue weighted by molar-refractivity contribution is 5.30. The van der Waals surface area contributed by atoms with Crippen molar-refractivity contribution in [1.29, 1.82) is 0 Å². The molecule has 0 unspecified atom stereocenters. The van der Waals surface area contributed by atoms with Crippen molar-refractivity contribution in [1.82, 2.24) is 5.32 Å². The van der Waals surface area contributed by atoms with Crippen LogP contribution in [-0.4, -0.2) is 13.2 Å². The van der Waals surface area contributed by atoms with Crippen LogP contribution < -0.4 is 10.1 Å². The van der Waals surface area contributed by atoms with Gasteiger partial charge in [-0.25, -0.2) is 0 Å². The normalized spacial score (nSPS) is 21.1. The average Bonchev–Trinajstić information content (AvgIpc) is 3.29. The van der Waals surface area contributed by atoms with E-state index in [0.29, 0.717) is 6.04 Å². The number of rotatable bonds is 6. The Morgan fingerprint density at radius 2 is 1.83 bits per heavy atom. The van der Waals surface area contributed by atoms with Gasteiger partial charge in [0.05, 0.1) is 7.11 Å². The lowest BCUT2D eigenvalue weighted by molar-refractivity contribution is 0.375. The second-order valence-corrected chi connectivity index (χ2v) is 5.87. The smallest absolute Gasteiger partial charge is 0.119 e. The van der Waals surface area contributed by atoms with E-state index in [1.54, 1.807) is 7.11 Å². The Labute approximate surface area is 110 Å². The van der Waals surface area contributed by atoms with Gasteiger partial charge >= 0.3 is 0 Å². The van der Waals surface area contributed by atoms with Crippen molar-refractivity contribution in [3.05, 3.63) is 29.8 Å². The van der Waals surface area contributed by atoms with Crippen molar-refractivity contribution in [3.8, 4) is 5.75 Å². The summed E-state index contributed by atoms with van der Waals surface area (Å²) in [5.74, 6) is 2.85. The van der Waals surface area contributed by atoms with Crippen molar-refractivity contribution in [2.45, 2.75) is 44.7 Å². The van der Waals surface area contributed by atoms with Gasteiger partial charge in [0.15, 0.2) is 0 Å². The number of hydrogen-bond donors (Lipinski definition) is 1. The van der Waals surface area contributed by atoms with E-state index in [0.717, 1.165) is 23.6 Å². The van der Waals surface area contributed by atoms with Gasteiger partial charge in [0.2, 0.25) is 0 Å². The highest BCUT2D eigenvalue weighted by atomic mass is 16.5.